The molecule has 0 unspecified atom stereocenters. The predicted molar refractivity (Wildman–Crippen MR) is 105 cm³/mol. The summed E-state index contributed by atoms with van der Waals surface area (Å²) in [5.41, 5.74) is 0.389. The molecular weight excluding hydrogens is 348 g/mol. The van der Waals surface area contributed by atoms with E-state index in [-0.39, 0.29) is 12.2 Å². The van der Waals surface area contributed by atoms with Crippen molar-refractivity contribution in [2.45, 2.75) is 77.4 Å². The molecule has 6 heteroatoms. The zero-order chi connectivity index (χ0) is 21.0. The van der Waals surface area contributed by atoms with E-state index in [4.69, 9.17) is 10.2 Å². The lowest BCUT2D eigenvalue weighted by molar-refractivity contribution is -0.132. The third-order valence-electron chi connectivity index (χ3n) is 5.85. The first-order valence-electron chi connectivity index (χ1n) is 9.61. The molecule has 0 amide bonds. The smallest absolute Gasteiger partial charge is 0.327 e. The zero-order valence-corrected chi connectivity index (χ0v) is 16.6. The Kier molecular flexibility index (Phi) is 11.9. The Balaban J connectivity index is 0.000000563. The van der Waals surface area contributed by atoms with Crippen LogP contribution >= 0.6 is 0 Å². The van der Waals surface area contributed by atoms with Crippen molar-refractivity contribution in [3.8, 4) is 0 Å². The van der Waals surface area contributed by atoms with Gasteiger partial charge >= 0.3 is 11.9 Å². The highest BCUT2D eigenvalue weighted by Gasteiger charge is 2.39. The number of carboxylic acid groups (broad SMARTS) is 2. The number of aliphatic hydroxyl groups excluding tert-OH is 2. The van der Waals surface area contributed by atoms with Gasteiger partial charge in [0, 0.05) is 12.2 Å². The second-order valence-electron chi connectivity index (χ2n) is 7.92. The molecule has 156 valence electrons. The van der Waals surface area contributed by atoms with E-state index in [2.05, 4.69) is 27.0 Å². The Morgan fingerprint density at radius 3 is 1.15 bits per heavy atom. The maximum Gasteiger partial charge on any atom is 0.327 e. The highest BCUT2D eigenvalue weighted by molar-refractivity contribution is 5.79. The molecule has 27 heavy (non-hydrogen) atoms. The van der Waals surface area contributed by atoms with Gasteiger partial charge in [-0.2, -0.15) is 0 Å². The normalized spacial score (nSPS) is 27.7. The molecule has 2 saturated carbocycles. The lowest BCUT2D eigenvalue weighted by atomic mass is 9.60. The van der Waals surface area contributed by atoms with Crippen molar-refractivity contribution in [1.82, 2.24) is 0 Å². The minimum atomic E-state index is -0.981. The largest absolute Gasteiger partial charge is 0.478 e. The van der Waals surface area contributed by atoms with Gasteiger partial charge < -0.3 is 20.4 Å². The second kappa shape index (κ2) is 12.7. The first-order valence-corrected chi connectivity index (χ1v) is 9.61. The summed E-state index contributed by atoms with van der Waals surface area (Å²) in [5.74, 6) is -0.424. The Labute approximate surface area is 162 Å². The van der Waals surface area contributed by atoms with Crippen LogP contribution in [-0.2, 0) is 9.59 Å². The van der Waals surface area contributed by atoms with E-state index < -0.39 is 11.9 Å². The van der Waals surface area contributed by atoms with Crippen molar-refractivity contribution in [1.29, 1.82) is 0 Å². The number of hydrogen-bond acceptors (Lipinski definition) is 4. The summed E-state index contributed by atoms with van der Waals surface area (Å²) < 4.78 is 0. The molecule has 0 heterocycles. The van der Waals surface area contributed by atoms with E-state index >= 15 is 0 Å². The van der Waals surface area contributed by atoms with Gasteiger partial charge in [0.05, 0.1) is 12.2 Å². The molecule has 0 aromatic carbocycles. The van der Waals surface area contributed by atoms with Crippen LogP contribution in [-0.4, -0.2) is 44.6 Å². The summed E-state index contributed by atoms with van der Waals surface area (Å²) >= 11 is 0. The first-order chi connectivity index (χ1) is 12.5. The van der Waals surface area contributed by atoms with Gasteiger partial charge in [0.2, 0.25) is 0 Å². The van der Waals surface area contributed by atoms with Crippen LogP contribution in [0.25, 0.3) is 0 Å². The highest BCUT2D eigenvalue weighted by atomic mass is 16.4. The number of rotatable bonds is 4. The Hall–Kier alpha value is -1.66. The van der Waals surface area contributed by atoms with Crippen LogP contribution in [0.15, 0.2) is 25.3 Å². The van der Waals surface area contributed by atoms with Gasteiger partial charge in [0.1, 0.15) is 0 Å². The Bertz CT molecular complexity index is 427. The first kappa shape index (κ1) is 25.3. The number of aliphatic carboxylic acids is 2. The molecule has 0 aromatic rings. The summed E-state index contributed by atoms with van der Waals surface area (Å²) in [6.07, 6.45) is 10.3. The van der Waals surface area contributed by atoms with Crippen molar-refractivity contribution >= 4 is 11.9 Å². The zero-order valence-electron chi connectivity index (χ0n) is 16.6. The Morgan fingerprint density at radius 2 is 0.963 bits per heavy atom. The van der Waals surface area contributed by atoms with E-state index in [1.54, 1.807) is 0 Å². The van der Waals surface area contributed by atoms with E-state index in [9.17, 15) is 19.8 Å². The minimum absolute atomic E-state index is 0.0461. The summed E-state index contributed by atoms with van der Waals surface area (Å²) in [6, 6.07) is 0. The maximum absolute atomic E-state index is 9.60. The fourth-order valence-corrected chi connectivity index (χ4v) is 3.97. The lowest BCUT2D eigenvalue weighted by Gasteiger charge is -2.46. The fraction of sp³-hybridized carbons (Fsp3) is 0.714. The summed E-state index contributed by atoms with van der Waals surface area (Å²) in [5, 5.41) is 34.4. The van der Waals surface area contributed by atoms with Crippen LogP contribution in [0.3, 0.4) is 0 Å². The standard InChI is InChI=1S/C15H28O2.2C3H4O2/c1-15(2,11-3-7-13(16)8-4-11)12-5-9-14(17)10-6-12;2*1-2-3(4)5/h11-14,16-17H,3-10H2,1-2H3;2*2H,1H2,(H,4,5). The molecule has 0 radical (unpaired) electrons. The van der Waals surface area contributed by atoms with Gasteiger partial charge in [-0.25, -0.2) is 9.59 Å². The topological polar surface area (TPSA) is 115 Å². The highest BCUT2D eigenvalue weighted by Crippen LogP contribution is 2.48. The number of carboxylic acids is 2. The summed E-state index contributed by atoms with van der Waals surface area (Å²) in [4.78, 5) is 18.5. The molecule has 2 rings (SSSR count). The molecule has 0 aliphatic heterocycles. The van der Waals surface area contributed by atoms with E-state index in [1.807, 2.05) is 0 Å². The van der Waals surface area contributed by atoms with Crippen LogP contribution in [0.4, 0.5) is 0 Å². The van der Waals surface area contributed by atoms with Gasteiger partial charge in [-0.15, -0.1) is 0 Å². The molecule has 0 spiro atoms. The molecule has 2 fully saturated rings. The average Bonchev–Trinajstić information content (AvgIpc) is 2.63. The van der Waals surface area contributed by atoms with Crippen LogP contribution in [0.1, 0.15) is 65.2 Å². The van der Waals surface area contributed by atoms with Crippen LogP contribution in [0.2, 0.25) is 0 Å². The Morgan fingerprint density at radius 1 is 0.741 bits per heavy atom. The number of aliphatic hydroxyl groups is 2. The van der Waals surface area contributed by atoms with Crippen molar-refractivity contribution in [2.75, 3.05) is 0 Å². The molecule has 0 atom stereocenters. The maximum atomic E-state index is 9.60. The van der Waals surface area contributed by atoms with Crippen molar-refractivity contribution < 1.29 is 30.0 Å². The molecule has 2 aliphatic carbocycles. The average molecular weight is 385 g/mol. The van der Waals surface area contributed by atoms with Crippen molar-refractivity contribution in [2.24, 2.45) is 17.3 Å². The molecule has 6 nitrogen and oxygen atoms in total. The second-order valence-corrected chi connectivity index (χ2v) is 7.92. The van der Waals surface area contributed by atoms with Crippen LogP contribution < -0.4 is 0 Å². The number of hydrogen-bond donors (Lipinski definition) is 4. The van der Waals surface area contributed by atoms with E-state index in [0.717, 1.165) is 49.7 Å². The quantitative estimate of drug-likeness (QED) is 0.550. The van der Waals surface area contributed by atoms with Crippen LogP contribution in [0.5, 0.6) is 0 Å². The molecule has 0 bridgehead atoms. The third kappa shape index (κ3) is 10.3. The van der Waals surface area contributed by atoms with Crippen molar-refractivity contribution in [3.05, 3.63) is 25.3 Å². The predicted octanol–water partition coefficient (Wildman–Crippen LogP) is 3.63. The molecule has 4 N–H and O–H groups in total. The summed E-state index contributed by atoms with van der Waals surface area (Å²) in [7, 11) is 0. The van der Waals surface area contributed by atoms with Gasteiger partial charge in [0.25, 0.3) is 0 Å². The van der Waals surface area contributed by atoms with E-state index in [1.165, 1.54) is 25.7 Å². The molecule has 0 saturated heterocycles. The van der Waals surface area contributed by atoms with Crippen molar-refractivity contribution in [3.63, 3.8) is 0 Å². The van der Waals surface area contributed by atoms with Gasteiger partial charge in [0.15, 0.2) is 0 Å². The fourth-order valence-electron chi connectivity index (χ4n) is 3.97. The van der Waals surface area contributed by atoms with Gasteiger partial charge in [-0.3, -0.25) is 0 Å². The van der Waals surface area contributed by atoms with Gasteiger partial charge in [-0.1, -0.05) is 27.0 Å². The summed E-state index contributed by atoms with van der Waals surface area (Å²) in [6.45, 7) is 10.8. The van der Waals surface area contributed by atoms with Crippen LogP contribution in [0, 0.1) is 17.3 Å². The monoisotopic (exact) mass is 384 g/mol. The lowest BCUT2D eigenvalue weighted by Crippen LogP contribution is -2.38. The third-order valence-corrected chi connectivity index (χ3v) is 5.85. The molecule has 2 aliphatic rings. The SMILES string of the molecule is C=CC(=O)O.C=CC(=O)O.CC(C)(C1CCC(O)CC1)C1CCC(O)CC1. The van der Waals surface area contributed by atoms with Gasteiger partial charge in [-0.05, 0) is 68.6 Å². The number of carbonyl (C=O) groups is 2. The minimum Gasteiger partial charge on any atom is -0.478 e. The van der Waals surface area contributed by atoms with E-state index in [0.29, 0.717) is 5.41 Å². The molecular formula is C21H36O6. The molecule has 0 aromatic heterocycles.